The van der Waals surface area contributed by atoms with Gasteiger partial charge >= 0.3 is 0 Å². The second-order valence-corrected chi connectivity index (χ2v) is 10.5. The van der Waals surface area contributed by atoms with E-state index in [2.05, 4.69) is 5.32 Å². The topological polar surface area (TPSA) is 76.4 Å². The van der Waals surface area contributed by atoms with E-state index in [1.165, 1.54) is 44.6 Å². The van der Waals surface area contributed by atoms with Gasteiger partial charge in [0.1, 0.15) is 17.4 Å². The Balaban J connectivity index is 1.10. The molecule has 0 spiro atoms. The van der Waals surface area contributed by atoms with Gasteiger partial charge < -0.3 is 15.1 Å². The molecule has 170 valence electrons. The SMILES string of the molecule is N#Cc1c(F)cccc1N1CCN(C(=O)CNC(=O)CC23CC4CC(CC(C4)C2)C3)CC1. The van der Waals surface area contributed by atoms with Gasteiger partial charge in [0, 0.05) is 32.6 Å². The predicted octanol–water partition coefficient (Wildman–Crippen LogP) is 3.07. The fraction of sp³-hybridized carbons (Fsp3) is 0.640. The Bertz CT molecular complexity index is 912. The van der Waals surface area contributed by atoms with Gasteiger partial charge in [-0.2, -0.15) is 5.26 Å². The van der Waals surface area contributed by atoms with Gasteiger partial charge in [0.25, 0.3) is 0 Å². The highest BCUT2D eigenvalue weighted by Crippen LogP contribution is 2.61. The van der Waals surface area contributed by atoms with Gasteiger partial charge in [-0.05, 0) is 73.8 Å². The first-order valence-electron chi connectivity index (χ1n) is 11.9. The second-order valence-electron chi connectivity index (χ2n) is 10.5. The van der Waals surface area contributed by atoms with Crippen LogP contribution in [0.15, 0.2) is 18.2 Å². The highest BCUT2D eigenvalue weighted by Gasteiger charge is 2.51. The van der Waals surface area contributed by atoms with Crippen molar-refractivity contribution >= 4 is 17.5 Å². The molecule has 5 aliphatic rings. The van der Waals surface area contributed by atoms with Crippen molar-refractivity contribution in [2.75, 3.05) is 37.6 Å². The molecule has 1 saturated heterocycles. The molecule has 1 aromatic rings. The zero-order valence-corrected chi connectivity index (χ0v) is 18.5. The quantitative estimate of drug-likeness (QED) is 0.767. The van der Waals surface area contributed by atoms with Crippen molar-refractivity contribution < 1.29 is 14.0 Å². The van der Waals surface area contributed by atoms with Crippen LogP contribution in [0.3, 0.4) is 0 Å². The first-order valence-corrected chi connectivity index (χ1v) is 11.9. The number of amides is 2. The van der Waals surface area contributed by atoms with Crippen LogP contribution in [0.4, 0.5) is 10.1 Å². The highest BCUT2D eigenvalue weighted by molar-refractivity contribution is 5.85. The minimum Gasteiger partial charge on any atom is -0.367 e. The van der Waals surface area contributed by atoms with E-state index < -0.39 is 5.82 Å². The number of nitrogens with one attached hydrogen (secondary N) is 1. The number of nitrogens with zero attached hydrogens (tertiary/aromatic N) is 3. The zero-order chi connectivity index (χ0) is 22.3. The van der Waals surface area contributed by atoms with Crippen molar-refractivity contribution in [3.63, 3.8) is 0 Å². The van der Waals surface area contributed by atoms with Crippen molar-refractivity contribution in [2.24, 2.45) is 23.2 Å². The molecule has 1 aliphatic heterocycles. The number of carbonyl (C=O) groups excluding carboxylic acids is 2. The Morgan fingerprint density at radius 1 is 1.06 bits per heavy atom. The first-order chi connectivity index (χ1) is 15.4. The molecule has 0 aromatic heterocycles. The van der Waals surface area contributed by atoms with Crippen molar-refractivity contribution in [3.8, 4) is 6.07 Å². The number of piperazine rings is 1. The lowest BCUT2D eigenvalue weighted by atomic mass is 9.49. The van der Waals surface area contributed by atoms with Gasteiger partial charge in [-0.15, -0.1) is 0 Å². The summed E-state index contributed by atoms with van der Waals surface area (Å²) < 4.78 is 13.9. The third kappa shape index (κ3) is 4.07. The van der Waals surface area contributed by atoms with Gasteiger partial charge in [-0.25, -0.2) is 4.39 Å². The summed E-state index contributed by atoms with van der Waals surface area (Å²) in [4.78, 5) is 29.0. The summed E-state index contributed by atoms with van der Waals surface area (Å²) in [5, 5.41) is 12.1. The van der Waals surface area contributed by atoms with Crippen LogP contribution in [0.1, 0.15) is 50.5 Å². The van der Waals surface area contributed by atoms with Crippen molar-refractivity contribution in [3.05, 3.63) is 29.6 Å². The van der Waals surface area contributed by atoms with Gasteiger partial charge in [0.15, 0.2) is 0 Å². The number of halogens is 1. The maximum atomic E-state index is 13.9. The molecule has 0 radical (unpaired) electrons. The van der Waals surface area contributed by atoms with Crippen LogP contribution in [0, 0.1) is 40.3 Å². The monoisotopic (exact) mass is 438 g/mol. The summed E-state index contributed by atoms with van der Waals surface area (Å²) in [7, 11) is 0. The summed E-state index contributed by atoms with van der Waals surface area (Å²) in [6, 6.07) is 6.56. The fourth-order valence-corrected chi connectivity index (χ4v) is 7.28. The van der Waals surface area contributed by atoms with E-state index in [4.69, 9.17) is 0 Å². The Labute approximate surface area is 188 Å². The zero-order valence-electron chi connectivity index (χ0n) is 18.5. The average Bonchev–Trinajstić information content (AvgIpc) is 2.76. The number of hydrogen-bond acceptors (Lipinski definition) is 4. The lowest BCUT2D eigenvalue weighted by molar-refractivity contribution is -0.135. The van der Waals surface area contributed by atoms with Crippen molar-refractivity contribution in [1.82, 2.24) is 10.2 Å². The molecule has 1 aromatic carbocycles. The molecule has 1 heterocycles. The maximum Gasteiger partial charge on any atom is 0.242 e. The Morgan fingerprint density at radius 3 is 2.28 bits per heavy atom. The maximum absolute atomic E-state index is 13.9. The third-order valence-corrected chi connectivity index (χ3v) is 8.21. The molecular formula is C25H31FN4O2. The summed E-state index contributed by atoms with van der Waals surface area (Å²) >= 11 is 0. The first kappa shape index (κ1) is 21.2. The number of anilines is 1. The molecular weight excluding hydrogens is 407 g/mol. The molecule has 4 aliphatic carbocycles. The van der Waals surface area contributed by atoms with E-state index in [1.54, 1.807) is 17.0 Å². The van der Waals surface area contributed by atoms with Gasteiger partial charge in [0.2, 0.25) is 11.8 Å². The smallest absolute Gasteiger partial charge is 0.242 e. The summed E-state index contributed by atoms with van der Waals surface area (Å²) in [6.07, 6.45) is 8.20. The van der Waals surface area contributed by atoms with Gasteiger partial charge in [0.05, 0.1) is 12.2 Å². The lowest BCUT2D eigenvalue weighted by Crippen LogP contribution is -2.52. The Morgan fingerprint density at radius 2 is 1.69 bits per heavy atom. The molecule has 1 N–H and O–H groups in total. The minimum atomic E-state index is -0.523. The Kier molecular flexibility index (Phi) is 5.56. The summed E-state index contributed by atoms with van der Waals surface area (Å²) in [6.45, 7) is 2.08. The average molecular weight is 439 g/mol. The van der Waals surface area contributed by atoms with Crippen LogP contribution in [0.25, 0.3) is 0 Å². The number of rotatable bonds is 5. The van der Waals surface area contributed by atoms with Crippen LogP contribution in [-0.2, 0) is 9.59 Å². The summed E-state index contributed by atoms with van der Waals surface area (Å²) in [5.74, 6) is 1.84. The predicted molar refractivity (Wildman–Crippen MR) is 118 cm³/mol. The van der Waals surface area contributed by atoms with Crippen LogP contribution in [0.5, 0.6) is 0 Å². The molecule has 4 bridgehead atoms. The Hall–Kier alpha value is -2.62. The number of nitriles is 1. The molecule has 0 unspecified atom stereocenters. The lowest BCUT2D eigenvalue weighted by Gasteiger charge is -2.56. The molecule has 0 atom stereocenters. The number of benzene rings is 1. The normalized spacial score (nSPS) is 30.8. The molecule has 6 rings (SSSR count). The minimum absolute atomic E-state index is 0.0114. The van der Waals surface area contributed by atoms with Crippen LogP contribution in [-0.4, -0.2) is 49.4 Å². The summed E-state index contributed by atoms with van der Waals surface area (Å²) in [5.41, 5.74) is 0.796. The highest BCUT2D eigenvalue weighted by atomic mass is 19.1. The van der Waals surface area contributed by atoms with E-state index in [0.29, 0.717) is 38.3 Å². The second kappa shape index (κ2) is 8.38. The fourth-order valence-electron chi connectivity index (χ4n) is 7.28. The van der Waals surface area contributed by atoms with E-state index in [9.17, 15) is 19.2 Å². The van der Waals surface area contributed by atoms with E-state index in [-0.39, 0.29) is 29.3 Å². The molecule has 6 nitrogen and oxygen atoms in total. The molecule has 5 fully saturated rings. The van der Waals surface area contributed by atoms with Gasteiger partial charge in [-0.3, -0.25) is 9.59 Å². The van der Waals surface area contributed by atoms with Crippen LogP contribution in [0.2, 0.25) is 0 Å². The van der Waals surface area contributed by atoms with Crippen molar-refractivity contribution in [1.29, 1.82) is 5.26 Å². The molecule has 7 heteroatoms. The largest absolute Gasteiger partial charge is 0.367 e. The van der Waals surface area contributed by atoms with Crippen LogP contribution >= 0.6 is 0 Å². The van der Waals surface area contributed by atoms with E-state index in [1.807, 2.05) is 11.0 Å². The molecule has 32 heavy (non-hydrogen) atoms. The molecule has 2 amide bonds. The number of hydrogen-bond donors (Lipinski definition) is 1. The van der Waals surface area contributed by atoms with Gasteiger partial charge in [-0.1, -0.05) is 6.07 Å². The van der Waals surface area contributed by atoms with Crippen LogP contribution < -0.4 is 10.2 Å². The van der Waals surface area contributed by atoms with E-state index >= 15 is 0 Å². The van der Waals surface area contributed by atoms with E-state index in [0.717, 1.165) is 17.8 Å². The number of carbonyl (C=O) groups is 2. The molecule has 4 saturated carbocycles. The standard InChI is InChI=1S/C25H31FN4O2/c26-21-2-1-3-22(20(21)15-27)29-4-6-30(7-5-29)24(32)16-28-23(31)14-25-11-17-8-18(12-25)10-19(9-17)13-25/h1-3,17-19H,4-14,16H2,(H,28,31). The third-order valence-electron chi connectivity index (χ3n) is 8.21. The van der Waals surface area contributed by atoms with Crippen molar-refractivity contribution in [2.45, 2.75) is 44.9 Å².